The summed E-state index contributed by atoms with van der Waals surface area (Å²) in [5.41, 5.74) is 0.203. The minimum absolute atomic E-state index is 0.0195. The first-order valence-corrected chi connectivity index (χ1v) is 8.87. The lowest BCUT2D eigenvalue weighted by atomic mass is 9.73. The quantitative estimate of drug-likeness (QED) is 0.839. The van der Waals surface area contributed by atoms with Gasteiger partial charge in [-0.05, 0) is 63.8 Å². The van der Waals surface area contributed by atoms with Crippen LogP contribution in [0.3, 0.4) is 0 Å². The molecule has 2 aliphatic heterocycles. The lowest BCUT2D eigenvalue weighted by Crippen LogP contribution is -2.51. The van der Waals surface area contributed by atoms with Crippen molar-refractivity contribution in [2.24, 2.45) is 11.8 Å². The second-order valence-electron chi connectivity index (χ2n) is 7.18. The highest BCUT2D eigenvalue weighted by Gasteiger charge is 2.43. The molecule has 4 heteroatoms. The Kier molecular flexibility index (Phi) is 4.85. The summed E-state index contributed by atoms with van der Waals surface area (Å²) in [4.78, 5) is 12.1. The fourth-order valence-corrected chi connectivity index (χ4v) is 4.71. The second-order valence-corrected chi connectivity index (χ2v) is 7.18. The number of piperidine rings is 1. The first kappa shape index (κ1) is 15.3. The van der Waals surface area contributed by atoms with Gasteiger partial charge in [-0.15, -0.1) is 0 Å². The number of rotatable bonds is 3. The minimum atomic E-state index is 0.0195. The van der Waals surface area contributed by atoms with Crippen LogP contribution in [0.25, 0.3) is 0 Å². The molecule has 0 aromatic heterocycles. The monoisotopic (exact) mass is 294 g/mol. The SMILES string of the molecule is CCNC(=O)C1CC(C2CCOC3(CCCC3)C2)CCN1. The number of hydrogen-bond donors (Lipinski definition) is 2. The standard InChI is InChI=1S/C17H30N2O2/c1-2-18-16(20)15-11-13(5-9-19-15)14-6-10-21-17(12-14)7-3-4-8-17/h13-15,19H,2-12H2,1H3,(H,18,20). The molecule has 2 N–H and O–H groups in total. The average Bonchev–Trinajstić information content (AvgIpc) is 2.95. The highest BCUT2D eigenvalue weighted by Crippen LogP contribution is 2.45. The molecule has 3 rings (SSSR count). The molecular weight excluding hydrogens is 264 g/mol. The summed E-state index contributed by atoms with van der Waals surface area (Å²) in [6.45, 7) is 4.62. The number of carbonyl (C=O) groups is 1. The maximum absolute atomic E-state index is 12.1. The Hall–Kier alpha value is -0.610. The van der Waals surface area contributed by atoms with Crippen LogP contribution in [0.4, 0.5) is 0 Å². The van der Waals surface area contributed by atoms with Gasteiger partial charge in [0.15, 0.2) is 0 Å². The Morgan fingerprint density at radius 2 is 2.10 bits per heavy atom. The Labute approximate surface area is 128 Å². The summed E-state index contributed by atoms with van der Waals surface area (Å²) in [7, 11) is 0. The fraction of sp³-hybridized carbons (Fsp3) is 0.941. The fourth-order valence-electron chi connectivity index (χ4n) is 4.71. The van der Waals surface area contributed by atoms with E-state index in [0.717, 1.165) is 32.0 Å². The number of hydrogen-bond acceptors (Lipinski definition) is 3. The van der Waals surface area contributed by atoms with Gasteiger partial charge in [0, 0.05) is 13.2 Å². The maximum Gasteiger partial charge on any atom is 0.237 e. The lowest BCUT2D eigenvalue weighted by Gasteiger charge is -2.43. The zero-order valence-electron chi connectivity index (χ0n) is 13.3. The van der Waals surface area contributed by atoms with Crippen LogP contribution >= 0.6 is 0 Å². The third-order valence-electron chi connectivity index (χ3n) is 5.82. The van der Waals surface area contributed by atoms with Gasteiger partial charge in [0.1, 0.15) is 0 Å². The van der Waals surface area contributed by atoms with Gasteiger partial charge >= 0.3 is 0 Å². The van der Waals surface area contributed by atoms with E-state index in [2.05, 4.69) is 10.6 Å². The smallest absolute Gasteiger partial charge is 0.237 e. The molecule has 1 saturated carbocycles. The van der Waals surface area contributed by atoms with Crippen molar-refractivity contribution in [3.8, 4) is 0 Å². The number of amides is 1. The van der Waals surface area contributed by atoms with Gasteiger partial charge in [0.25, 0.3) is 0 Å². The van der Waals surface area contributed by atoms with Crippen LogP contribution in [-0.4, -0.2) is 37.2 Å². The van der Waals surface area contributed by atoms with Crippen molar-refractivity contribution < 1.29 is 9.53 Å². The molecule has 2 saturated heterocycles. The molecule has 3 unspecified atom stereocenters. The Morgan fingerprint density at radius 3 is 2.86 bits per heavy atom. The van der Waals surface area contributed by atoms with Crippen molar-refractivity contribution >= 4 is 5.91 Å². The maximum atomic E-state index is 12.1. The topological polar surface area (TPSA) is 50.4 Å². The average molecular weight is 294 g/mol. The number of ether oxygens (including phenoxy) is 1. The molecule has 2 heterocycles. The van der Waals surface area contributed by atoms with Gasteiger partial charge in [0.2, 0.25) is 5.91 Å². The molecule has 0 aromatic rings. The zero-order chi connectivity index (χ0) is 14.7. The molecule has 0 aromatic carbocycles. The van der Waals surface area contributed by atoms with E-state index in [9.17, 15) is 4.79 Å². The minimum Gasteiger partial charge on any atom is -0.375 e. The third kappa shape index (κ3) is 3.42. The summed E-state index contributed by atoms with van der Waals surface area (Å²) in [5.74, 6) is 1.64. The molecule has 21 heavy (non-hydrogen) atoms. The molecule has 1 aliphatic carbocycles. The van der Waals surface area contributed by atoms with Gasteiger partial charge in [0.05, 0.1) is 11.6 Å². The van der Waals surface area contributed by atoms with Gasteiger partial charge in [-0.1, -0.05) is 12.8 Å². The molecule has 1 spiro atoms. The van der Waals surface area contributed by atoms with E-state index in [1.54, 1.807) is 0 Å². The van der Waals surface area contributed by atoms with E-state index < -0.39 is 0 Å². The van der Waals surface area contributed by atoms with E-state index in [1.807, 2.05) is 6.92 Å². The summed E-state index contributed by atoms with van der Waals surface area (Å²) in [5, 5.41) is 6.35. The predicted molar refractivity (Wildman–Crippen MR) is 83.1 cm³/mol. The molecule has 0 bridgehead atoms. The van der Waals surface area contributed by atoms with Crippen LogP contribution in [0, 0.1) is 11.8 Å². The first-order valence-electron chi connectivity index (χ1n) is 8.87. The first-order chi connectivity index (χ1) is 10.2. The molecule has 3 aliphatic rings. The number of carbonyl (C=O) groups excluding carboxylic acids is 1. The molecule has 1 amide bonds. The Balaban J connectivity index is 1.59. The van der Waals surface area contributed by atoms with Crippen LogP contribution in [0.1, 0.15) is 58.3 Å². The Bertz CT molecular complexity index is 366. The van der Waals surface area contributed by atoms with Crippen LogP contribution < -0.4 is 10.6 Å². The second kappa shape index (κ2) is 6.66. The summed E-state index contributed by atoms with van der Waals surface area (Å²) < 4.78 is 6.17. The van der Waals surface area contributed by atoms with E-state index in [4.69, 9.17) is 4.74 Å². The number of likely N-dealkylation sites (N-methyl/N-ethyl adjacent to an activating group) is 1. The van der Waals surface area contributed by atoms with Gasteiger partial charge in [-0.25, -0.2) is 0 Å². The highest BCUT2D eigenvalue weighted by molar-refractivity contribution is 5.81. The van der Waals surface area contributed by atoms with E-state index in [0.29, 0.717) is 5.92 Å². The van der Waals surface area contributed by atoms with Crippen LogP contribution in [-0.2, 0) is 9.53 Å². The Morgan fingerprint density at radius 1 is 1.29 bits per heavy atom. The molecular formula is C17H30N2O2. The lowest BCUT2D eigenvalue weighted by molar-refractivity contribution is -0.125. The van der Waals surface area contributed by atoms with Crippen molar-refractivity contribution in [2.75, 3.05) is 19.7 Å². The highest BCUT2D eigenvalue weighted by atomic mass is 16.5. The van der Waals surface area contributed by atoms with Crippen LogP contribution in [0.2, 0.25) is 0 Å². The van der Waals surface area contributed by atoms with Gasteiger partial charge in [-0.3, -0.25) is 4.79 Å². The van der Waals surface area contributed by atoms with Crippen LogP contribution in [0.5, 0.6) is 0 Å². The van der Waals surface area contributed by atoms with Gasteiger partial charge in [-0.2, -0.15) is 0 Å². The molecule has 4 nitrogen and oxygen atoms in total. The van der Waals surface area contributed by atoms with E-state index in [-0.39, 0.29) is 17.6 Å². The largest absolute Gasteiger partial charge is 0.375 e. The number of nitrogens with one attached hydrogen (secondary N) is 2. The molecule has 3 atom stereocenters. The predicted octanol–water partition coefficient (Wildman–Crippen LogP) is 2.23. The van der Waals surface area contributed by atoms with Crippen molar-refractivity contribution in [1.82, 2.24) is 10.6 Å². The van der Waals surface area contributed by atoms with Crippen molar-refractivity contribution in [2.45, 2.75) is 69.9 Å². The zero-order valence-corrected chi connectivity index (χ0v) is 13.3. The van der Waals surface area contributed by atoms with Crippen molar-refractivity contribution in [3.63, 3.8) is 0 Å². The third-order valence-corrected chi connectivity index (χ3v) is 5.82. The van der Waals surface area contributed by atoms with Crippen molar-refractivity contribution in [1.29, 1.82) is 0 Å². The van der Waals surface area contributed by atoms with E-state index >= 15 is 0 Å². The van der Waals surface area contributed by atoms with E-state index in [1.165, 1.54) is 44.9 Å². The van der Waals surface area contributed by atoms with Crippen molar-refractivity contribution in [3.05, 3.63) is 0 Å². The molecule has 0 radical (unpaired) electrons. The normalized spacial score (nSPS) is 35.8. The summed E-state index contributed by atoms with van der Waals surface area (Å²) in [6.07, 6.45) is 9.83. The van der Waals surface area contributed by atoms with Gasteiger partial charge < -0.3 is 15.4 Å². The molecule has 120 valence electrons. The molecule has 3 fully saturated rings. The van der Waals surface area contributed by atoms with Crippen LogP contribution in [0.15, 0.2) is 0 Å². The summed E-state index contributed by atoms with van der Waals surface area (Å²) >= 11 is 0. The summed E-state index contributed by atoms with van der Waals surface area (Å²) in [6, 6.07) is 0.0195.